The van der Waals surface area contributed by atoms with E-state index in [1.165, 1.54) is 154 Å². The molecule has 0 saturated carbocycles. The van der Waals surface area contributed by atoms with Gasteiger partial charge in [-0.15, -0.1) is 0 Å². The van der Waals surface area contributed by atoms with E-state index in [1.807, 2.05) is 0 Å². The molecule has 0 heterocycles. The smallest absolute Gasteiger partial charge is 0.306 e. The zero-order valence-electron chi connectivity index (χ0n) is 44.9. The molecule has 0 unspecified atom stereocenters. The van der Waals surface area contributed by atoms with E-state index in [9.17, 15) is 14.4 Å². The summed E-state index contributed by atoms with van der Waals surface area (Å²) in [7, 11) is 0. The molecule has 68 heavy (non-hydrogen) atoms. The quantitative estimate of drug-likeness (QED) is 0.0262. The number of hydrogen-bond acceptors (Lipinski definition) is 6. The Balaban J connectivity index is 4.43. The second kappa shape index (κ2) is 56.4. The Bertz CT molecular complexity index is 1270. The molecule has 0 fully saturated rings. The minimum Gasteiger partial charge on any atom is -0.462 e. The molecule has 0 aliphatic heterocycles. The molecule has 0 aliphatic rings. The highest BCUT2D eigenvalue weighted by atomic mass is 16.6. The normalized spacial score (nSPS) is 12.6. The van der Waals surface area contributed by atoms with Crippen LogP contribution in [0.5, 0.6) is 0 Å². The summed E-state index contributed by atoms with van der Waals surface area (Å²) >= 11 is 0. The van der Waals surface area contributed by atoms with Crippen LogP contribution in [0.2, 0.25) is 0 Å². The SMILES string of the molecule is CCCCC/C=C\C/C=C\C/C=C\CCCCC(=O)OC[C@H](COC(=O)CCCCCCCCCCC/C=C\C/C=C\CCCCC)OC(=O)CCCCCCC/C=C\CCCCCCCCC. The van der Waals surface area contributed by atoms with E-state index in [4.69, 9.17) is 14.2 Å². The van der Waals surface area contributed by atoms with Gasteiger partial charge < -0.3 is 14.2 Å². The standard InChI is InChI=1S/C62H108O6/c1-4-7-10-13-16-19-22-25-28-30-31-32-35-37-40-43-46-49-52-55-61(64)67-58-59(57-66-60(63)54-51-48-45-42-39-36-33-27-24-21-18-15-12-9-6-3)68-62(65)56-53-50-47-44-41-38-34-29-26-23-20-17-14-11-8-5-2/h16,18-19,21,25,27-29,33-34,39,42,59H,4-15,17,20,22-24,26,30-32,35-38,40-41,43-58H2,1-3H3/b19-16-,21-18-,28-25-,33-27-,34-29-,42-39-/t59-/m1/s1. The monoisotopic (exact) mass is 949 g/mol. The first-order valence-corrected chi connectivity index (χ1v) is 28.9. The lowest BCUT2D eigenvalue weighted by molar-refractivity contribution is -0.167. The van der Waals surface area contributed by atoms with E-state index in [-0.39, 0.29) is 31.1 Å². The van der Waals surface area contributed by atoms with E-state index < -0.39 is 6.10 Å². The molecule has 0 rings (SSSR count). The van der Waals surface area contributed by atoms with Gasteiger partial charge in [0.1, 0.15) is 13.2 Å². The molecule has 0 aromatic rings. The van der Waals surface area contributed by atoms with Gasteiger partial charge in [-0.2, -0.15) is 0 Å². The van der Waals surface area contributed by atoms with Crippen LogP contribution in [0.25, 0.3) is 0 Å². The van der Waals surface area contributed by atoms with Gasteiger partial charge >= 0.3 is 17.9 Å². The average molecular weight is 950 g/mol. The second-order valence-corrected chi connectivity index (χ2v) is 19.2. The third-order valence-corrected chi connectivity index (χ3v) is 12.4. The Morgan fingerprint density at radius 2 is 0.529 bits per heavy atom. The zero-order valence-corrected chi connectivity index (χ0v) is 44.9. The van der Waals surface area contributed by atoms with E-state index >= 15 is 0 Å². The highest BCUT2D eigenvalue weighted by molar-refractivity contribution is 5.71. The van der Waals surface area contributed by atoms with Crippen LogP contribution < -0.4 is 0 Å². The summed E-state index contributed by atoms with van der Waals surface area (Å²) in [6, 6.07) is 0. The first-order valence-electron chi connectivity index (χ1n) is 28.9. The van der Waals surface area contributed by atoms with Gasteiger partial charge in [0, 0.05) is 19.3 Å². The number of unbranched alkanes of at least 4 members (excludes halogenated alkanes) is 29. The van der Waals surface area contributed by atoms with Crippen molar-refractivity contribution in [3.8, 4) is 0 Å². The maximum Gasteiger partial charge on any atom is 0.306 e. The molecular formula is C62H108O6. The second-order valence-electron chi connectivity index (χ2n) is 19.2. The molecule has 6 heteroatoms. The van der Waals surface area contributed by atoms with Crippen molar-refractivity contribution in [1.29, 1.82) is 0 Å². The van der Waals surface area contributed by atoms with Crippen LogP contribution in [-0.2, 0) is 28.6 Å². The summed E-state index contributed by atoms with van der Waals surface area (Å²) in [5.41, 5.74) is 0. The summed E-state index contributed by atoms with van der Waals surface area (Å²) in [5, 5.41) is 0. The maximum absolute atomic E-state index is 12.8. The molecule has 0 bridgehead atoms. The lowest BCUT2D eigenvalue weighted by Gasteiger charge is -2.18. The number of carbonyl (C=O) groups is 3. The van der Waals surface area contributed by atoms with Crippen LogP contribution in [0.1, 0.15) is 284 Å². The number of rotatable bonds is 52. The lowest BCUT2D eigenvalue weighted by atomic mass is 10.1. The summed E-state index contributed by atoms with van der Waals surface area (Å²) in [5.74, 6) is -0.937. The molecule has 0 N–H and O–H groups in total. The number of carbonyl (C=O) groups excluding carboxylic acids is 3. The van der Waals surface area contributed by atoms with Crippen molar-refractivity contribution >= 4 is 17.9 Å². The molecule has 0 amide bonds. The van der Waals surface area contributed by atoms with Crippen LogP contribution in [0.3, 0.4) is 0 Å². The first kappa shape index (κ1) is 64.8. The Morgan fingerprint density at radius 1 is 0.294 bits per heavy atom. The van der Waals surface area contributed by atoms with E-state index in [0.717, 1.165) is 89.9 Å². The van der Waals surface area contributed by atoms with Crippen molar-refractivity contribution < 1.29 is 28.6 Å². The van der Waals surface area contributed by atoms with E-state index in [2.05, 4.69) is 93.7 Å². The molecule has 392 valence electrons. The van der Waals surface area contributed by atoms with Gasteiger partial charge in [-0.25, -0.2) is 0 Å². The number of ether oxygens (including phenoxy) is 3. The molecule has 0 aromatic heterocycles. The molecule has 0 aliphatic carbocycles. The average Bonchev–Trinajstić information content (AvgIpc) is 3.34. The maximum atomic E-state index is 12.8. The number of hydrogen-bond donors (Lipinski definition) is 0. The Labute approximate surface area is 421 Å². The summed E-state index contributed by atoms with van der Waals surface area (Å²) in [6.45, 7) is 6.56. The van der Waals surface area contributed by atoms with Crippen molar-refractivity contribution in [2.24, 2.45) is 0 Å². The Hall–Kier alpha value is -3.15. The van der Waals surface area contributed by atoms with Gasteiger partial charge in [-0.1, -0.05) is 222 Å². The van der Waals surface area contributed by atoms with Crippen LogP contribution >= 0.6 is 0 Å². The van der Waals surface area contributed by atoms with Gasteiger partial charge in [0.05, 0.1) is 0 Å². The van der Waals surface area contributed by atoms with Crippen molar-refractivity contribution in [3.05, 3.63) is 72.9 Å². The Kier molecular flexibility index (Phi) is 53.8. The predicted octanol–water partition coefficient (Wildman–Crippen LogP) is 19.4. The van der Waals surface area contributed by atoms with Crippen molar-refractivity contribution in [2.75, 3.05) is 13.2 Å². The van der Waals surface area contributed by atoms with Crippen molar-refractivity contribution in [1.82, 2.24) is 0 Å². The zero-order chi connectivity index (χ0) is 49.3. The molecule has 0 radical (unpaired) electrons. The molecule has 1 atom stereocenters. The van der Waals surface area contributed by atoms with Crippen LogP contribution in [0, 0.1) is 0 Å². The fourth-order valence-corrected chi connectivity index (χ4v) is 8.00. The molecule has 0 spiro atoms. The Morgan fingerprint density at radius 3 is 0.897 bits per heavy atom. The van der Waals surface area contributed by atoms with Gasteiger partial charge in [0.2, 0.25) is 0 Å². The molecule has 0 saturated heterocycles. The fourth-order valence-electron chi connectivity index (χ4n) is 8.00. The summed E-state index contributed by atoms with van der Waals surface area (Å²) in [6.07, 6.45) is 71.7. The molecular weight excluding hydrogens is 841 g/mol. The fraction of sp³-hybridized carbons (Fsp3) is 0.758. The highest BCUT2D eigenvalue weighted by Crippen LogP contribution is 2.15. The van der Waals surface area contributed by atoms with Gasteiger partial charge in [0.15, 0.2) is 6.10 Å². The predicted molar refractivity (Wildman–Crippen MR) is 293 cm³/mol. The topological polar surface area (TPSA) is 78.9 Å². The minimum atomic E-state index is -0.797. The van der Waals surface area contributed by atoms with Gasteiger partial charge in [-0.3, -0.25) is 14.4 Å². The third kappa shape index (κ3) is 53.8. The van der Waals surface area contributed by atoms with Crippen LogP contribution in [0.4, 0.5) is 0 Å². The van der Waals surface area contributed by atoms with Gasteiger partial charge in [0.25, 0.3) is 0 Å². The van der Waals surface area contributed by atoms with E-state index in [1.54, 1.807) is 0 Å². The van der Waals surface area contributed by atoms with Crippen LogP contribution in [0.15, 0.2) is 72.9 Å². The largest absolute Gasteiger partial charge is 0.462 e. The minimum absolute atomic E-state index is 0.0925. The first-order chi connectivity index (χ1) is 33.5. The van der Waals surface area contributed by atoms with Crippen molar-refractivity contribution in [2.45, 2.75) is 290 Å². The molecule has 6 nitrogen and oxygen atoms in total. The third-order valence-electron chi connectivity index (χ3n) is 12.4. The summed E-state index contributed by atoms with van der Waals surface area (Å²) in [4.78, 5) is 38.1. The molecule has 0 aromatic carbocycles. The van der Waals surface area contributed by atoms with Crippen molar-refractivity contribution in [3.63, 3.8) is 0 Å². The van der Waals surface area contributed by atoms with Crippen LogP contribution in [-0.4, -0.2) is 37.2 Å². The summed E-state index contributed by atoms with van der Waals surface area (Å²) < 4.78 is 16.8. The van der Waals surface area contributed by atoms with Gasteiger partial charge in [-0.05, 0) is 116 Å². The number of esters is 3. The highest BCUT2D eigenvalue weighted by Gasteiger charge is 2.19. The number of allylic oxidation sites excluding steroid dienone is 12. The lowest BCUT2D eigenvalue weighted by Crippen LogP contribution is -2.30. The van der Waals surface area contributed by atoms with E-state index in [0.29, 0.717) is 19.3 Å².